The topological polar surface area (TPSA) is 133 Å². The molecule has 0 aliphatic carbocycles. The van der Waals surface area contributed by atoms with Crippen molar-refractivity contribution in [3.8, 4) is 0 Å². The Morgan fingerprint density at radius 3 is 1.23 bits per heavy atom. The molecule has 2 aromatic carbocycles. The summed E-state index contributed by atoms with van der Waals surface area (Å²) in [5.74, 6) is -2.25. The first-order valence-electron chi connectivity index (χ1n) is 9.53. The molecule has 8 heteroatoms. The molecule has 0 saturated carbocycles. The van der Waals surface area contributed by atoms with Gasteiger partial charge < -0.3 is 20.8 Å². The van der Waals surface area contributed by atoms with Crippen LogP contribution in [0.25, 0.3) is 0 Å². The number of hydrogen-bond donors (Lipinski definition) is 4. The summed E-state index contributed by atoms with van der Waals surface area (Å²) in [5.41, 5.74) is 2.01. The molecule has 0 radical (unpaired) electrons. The zero-order valence-corrected chi connectivity index (χ0v) is 16.4. The number of benzene rings is 2. The Balaban J connectivity index is 1.58. The summed E-state index contributed by atoms with van der Waals surface area (Å²) in [6.07, 6.45) is 1.75. The van der Waals surface area contributed by atoms with Crippen LogP contribution in [0.2, 0.25) is 0 Å². The van der Waals surface area contributed by atoms with Gasteiger partial charge in [-0.3, -0.25) is 9.59 Å². The van der Waals surface area contributed by atoms with Crippen molar-refractivity contribution in [2.24, 2.45) is 0 Å². The van der Waals surface area contributed by atoms with Crippen LogP contribution in [0, 0.1) is 0 Å². The van der Waals surface area contributed by atoms with Gasteiger partial charge in [0.15, 0.2) is 0 Å². The van der Waals surface area contributed by atoms with Crippen molar-refractivity contribution in [3.05, 3.63) is 70.8 Å². The van der Waals surface area contributed by atoms with Crippen molar-refractivity contribution >= 4 is 23.8 Å². The molecule has 2 amide bonds. The maximum atomic E-state index is 11.9. The SMILES string of the molecule is O=C(CCCCC(=O)NCc1ccc(C(=O)O)cc1)NCc1ccc(C(=O)O)cc1. The molecular weight excluding hydrogens is 388 g/mol. The minimum Gasteiger partial charge on any atom is -0.478 e. The third kappa shape index (κ3) is 7.75. The van der Waals surface area contributed by atoms with Crippen LogP contribution in [0.1, 0.15) is 57.5 Å². The Hall–Kier alpha value is -3.68. The predicted octanol–water partition coefficient (Wildman–Crippen LogP) is 2.58. The lowest BCUT2D eigenvalue weighted by Crippen LogP contribution is -2.23. The number of amides is 2. The second-order valence-electron chi connectivity index (χ2n) is 6.76. The van der Waals surface area contributed by atoms with Gasteiger partial charge in [0, 0.05) is 25.9 Å². The van der Waals surface area contributed by atoms with E-state index in [0.717, 1.165) is 11.1 Å². The van der Waals surface area contributed by atoms with Gasteiger partial charge in [0.2, 0.25) is 11.8 Å². The molecule has 0 aromatic heterocycles. The molecule has 2 aromatic rings. The third-order valence-electron chi connectivity index (χ3n) is 4.44. The van der Waals surface area contributed by atoms with Gasteiger partial charge in [0.1, 0.15) is 0 Å². The molecule has 4 N–H and O–H groups in total. The maximum Gasteiger partial charge on any atom is 0.335 e. The zero-order valence-electron chi connectivity index (χ0n) is 16.4. The molecule has 0 saturated heterocycles. The lowest BCUT2D eigenvalue weighted by molar-refractivity contribution is -0.123. The quantitative estimate of drug-likeness (QED) is 0.419. The maximum absolute atomic E-state index is 11.9. The molecule has 0 aliphatic rings. The van der Waals surface area contributed by atoms with Crippen molar-refractivity contribution in [1.82, 2.24) is 10.6 Å². The van der Waals surface area contributed by atoms with E-state index in [9.17, 15) is 19.2 Å². The van der Waals surface area contributed by atoms with Crippen molar-refractivity contribution in [2.75, 3.05) is 0 Å². The number of carboxylic acids is 2. The number of nitrogens with one attached hydrogen (secondary N) is 2. The summed E-state index contributed by atoms with van der Waals surface area (Å²) in [4.78, 5) is 45.4. The second kappa shape index (κ2) is 11.4. The molecule has 158 valence electrons. The van der Waals surface area contributed by atoms with Crippen LogP contribution in [-0.2, 0) is 22.7 Å². The Labute approximate surface area is 173 Å². The van der Waals surface area contributed by atoms with Gasteiger partial charge in [-0.15, -0.1) is 0 Å². The fraction of sp³-hybridized carbons (Fsp3) is 0.273. The van der Waals surface area contributed by atoms with E-state index in [1.54, 1.807) is 24.3 Å². The molecular formula is C22H24N2O6. The average Bonchev–Trinajstić information content (AvgIpc) is 2.74. The van der Waals surface area contributed by atoms with Crippen molar-refractivity contribution < 1.29 is 29.4 Å². The number of carboxylic acid groups (broad SMARTS) is 2. The van der Waals surface area contributed by atoms with Gasteiger partial charge in [0.25, 0.3) is 0 Å². The van der Waals surface area contributed by atoms with Crippen LogP contribution in [-0.4, -0.2) is 34.0 Å². The van der Waals surface area contributed by atoms with Gasteiger partial charge in [-0.1, -0.05) is 24.3 Å². The second-order valence-corrected chi connectivity index (χ2v) is 6.76. The van der Waals surface area contributed by atoms with Gasteiger partial charge >= 0.3 is 11.9 Å². The smallest absolute Gasteiger partial charge is 0.335 e. The fourth-order valence-corrected chi connectivity index (χ4v) is 2.68. The minimum absolute atomic E-state index is 0.128. The third-order valence-corrected chi connectivity index (χ3v) is 4.44. The van der Waals surface area contributed by atoms with Gasteiger partial charge in [-0.25, -0.2) is 9.59 Å². The number of aromatic carboxylic acids is 2. The molecule has 0 spiro atoms. The number of rotatable bonds is 11. The molecule has 0 aliphatic heterocycles. The zero-order chi connectivity index (χ0) is 21.9. The Morgan fingerprint density at radius 1 is 0.600 bits per heavy atom. The number of unbranched alkanes of at least 4 members (excludes halogenated alkanes) is 1. The largest absolute Gasteiger partial charge is 0.478 e. The highest BCUT2D eigenvalue weighted by Crippen LogP contribution is 2.06. The van der Waals surface area contributed by atoms with E-state index < -0.39 is 11.9 Å². The Bertz CT molecular complexity index is 815. The Morgan fingerprint density at radius 2 is 0.933 bits per heavy atom. The van der Waals surface area contributed by atoms with Gasteiger partial charge in [0.05, 0.1) is 11.1 Å². The lowest BCUT2D eigenvalue weighted by Gasteiger charge is -2.07. The first kappa shape index (κ1) is 22.6. The highest BCUT2D eigenvalue weighted by Gasteiger charge is 2.06. The summed E-state index contributed by atoms with van der Waals surface area (Å²) in [6.45, 7) is 0.639. The number of carbonyl (C=O) groups is 4. The Kier molecular flexibility index (Phi) is 8.56. The van der Waals surface area contributed by atoms with E-state index in [4.69, 9.17) is 10.2 Å². The highest BCUT2D eigenvalue weighted by atomic mass is 16.4. The van der Waals surface area contributed by atoms with Crippen LogP contribution < -0.4 is 10.6 Å². The van der Waals surface area contributed by atoms with Crippen LogP contribution >= 0.6 is 0 Å². The molecule has 0 fully saturated rings. The number of carbonyl (C=O) groups excluding carboxylic acids is 2. The van der Waals surface area contributed by atoms with Crippen LogP contribution in [0.4, 0.5) is 0 Å². The van der Waals surface area contributed by atoms with Crippen LogP contribution in [0.3, 0.4) is 0 Å². The first-order valence-corrected chi connectivity index (χ1v) is 9.53. The van der Waals surface area contributed by atoms with E-state index in [2.05, 4.69) is 10.6 Å². The molecule has 0 unspecified atom stereocenters. The van der Waals surface area contributed by atoms with E-state index in [1.165, 1.54) is 24.3 Å². The standard InChI is InChI=1S/C22H24N2O6/c25-19(23-13-15-5-9-17(10-6-15)21(27)28)3-1-2-4-20(26)24-14-16-7-11-18(12-8-16)22(29)30/h5-12H,1-4,13-14H2,(H,23,25)(H,24,26)(H,27,28)(H,29,30). The summed E-state index contributed by atoms with van der Waals surface area (Å²) in [7, 11) is 0. The van der Waals surface area contributed by atoms with E-state index in [-0.39, 0.29) is 22.9 Å². The van der Waals surface area contributed by atoms with Gasteiger partial charge in [-0.05, 0) is 48.2 Å². The summed E-state index contributed by atoms with van der Waals surface area (Å²) in [5, 5.41) is 23.2. The van der Waals surface area contributed by atoms with Crippen molar-refractivity contribution in [1.29, 1.82) is 0 Å². The van der Waals surface area contributed by atoms with E-state index in [1.807, 2.05) is 0 Å². The highest BCUT2D eigenvalue weighted by molar-refractivity contribution is 5.88. The average molecular weight is 412 g/mol. The molecule has 2 rings (SSSR count). The lowest BCUT2D eigenvalue weighted by atomic mass is 10.1. The molecule has 0 heterocycles. The monoisotopic (exact) mass is 412 g/mol. The summed E-state index contributed by atoms with van der Waals surface area (Å²) < 4.78 is 0. The molecule has 0 atom stereocenters. The molecule has 30 heavy (non-hydrogen) atoms. The number of hydrogen-bond acceptors (Lipinski definition) is 4. The van der Waals surface area contributed by atoms with Crippen molar-refractivity contribution in [2.45, 2.75) is 38.8 Å². The van der Waals surface area contributed by atoms with E-state index in [0.29, 0.717) is 38.8 Å². The first-order chi connectivity index (χ1) is 14.3. The van der Waals surface area contributed by atoms with Gasteiger partial charge in [-0.2, -0.15) is 0 Å². The predicted molar refractivity (Wildman–Crippen MR) is 109 cm³/mol. The molecule has 0 bridgehead atoms. The van der Waals surface area contributed by atoms with Crippen LogP contribution in [0.5, 0.6) is 0 Å². The fourth-order valence-electron chi connectivity index (χ4n) is 2.68. The summed E-state index contributed by atoms with van der Waals surface area (Å²) >= 11 is 0. The minimum atomic E-state index is -0.995. The normalized spacial score (nSPS) is 10.3. The summed E-state index contributed by atoms with van der Waals surface area (Å²) in [6, 6.07) is 12.6. The van der Waals surface area contributed by atoms with Crippen molar-refractivity contribution in [3.63, 3.8) is 0 Å². The molecule has 8 nitrogen and oxygen atoms in total. The van der Waals surface area contributed by atoms with Crippen LogP contribution in [0.15, 0.2) is 48.5 Å². The van der Waals surface area contributed by atoms with E-state index >= 15 is 0 Å².